The summed E-state index contributed by atoms with van der Waals surface area (Å²) >= 11 is 6.22. The van der Waals surface area contributed by atoms with Crippen molar-refractivity contribution in [1.82, 2.24) is 10.2 Å². The molecule has 0 aromatic heterocycles. The van der Waals surface area contributed by atoms with Crippen LogP contribution in [0.2, 0.25) is 5.02 Å². The van der Waals surface area contributed by atoms with Gasteiger partial charge in [-0.2, -0.15) is 0 Å². The van der Waals surface area contributed by atoms with Gasteiger partial charge in [0.15, 0.2) is 0 Å². The van der Waals surface area contributed by atoms with Gasteiger partial charge in [0, 0.05) is 30.1 Å². The van der Waals surface area contributed by atoms with Gasteiger partial charge in [-0.1, -0.05) is 23.7 Å². The third kappa shape index (κ3) is 2.28. The van der Waals surface area contributed by atoms with E-state index in [2.05, 4.69) is 28.4 Å². The minimum Gasteiger partial charge on any atom is -0.316 e. The predicted octanol–water partition coefficient (Wildman–Crippen LogP) is 3.27. The van der Waals surface area contributed by atoms with E-state index >= 15 is 0 Å². The van der Waals surface area contributed by atoms with Crippen LogP contribution in [0.1, 0.15) is 37.2 Å². The Morgan fingerprint density at radius 1 is 1.25 bits per heavy atom. The quantitative estimate of drug-likeness (QED) is 0.899. The summed E-state index contributed by atoms with van der Waals surface area (Å²) < 4.78 is 0. The number of hydrogen-bond acceptors (Lipinski definition) is 2. The van der Waals surface area contributed by atoms with E-state index in [-0.39, 0.29) is 0 Å². The fourth-order valence-electron chi connectivity index (χ4n) is 4.34. The van der Waals surface area contributed by atoms with E-state index in [1.54, 1.807) is 0 Å². The Hall–Kier alpha value is -0.570. The maximum Gasteiger partial charge on any atom is 0.0408 e. The lowest BCUT2D eigenvalue weighted by molar-refractivity contribution is 0.160. The van der Waals surface area contributed by atoms with Crippen LogP contribution in [0.15, 0.2) is 24.3 Å². The molecule has 0 bridgehead atoms. The third-order valence-corrected chi connectivity index (χ3v) is 5.85. The first kappa shape index (κ1) is 13.1. The van der Waals surface area contributed by atoms with Gasteiger partial charge < -0.3 is 5.32 Å². The van der Waals surface area contributed by atoms with Crippen molar-refractivity contribution < 1.29 is 0 Å². The summed E-state index contributed by atoms with van der Waals surface area (Å²) in [7, 11) is 0. The van der Waals surface area contributed by atoms with Crippen molar-refractivity contribution in [2.24, 2.45) is 5.41 Å². The zero-order valence-electron chi connectivity index (χ0n) is 11.9. The fourth-order valence-corrected chi connectivity index (χ4v) is 4.54. The van der Waals surface area contributed by atoms with Crippen LogP contribution in [0, 0.1) is 5.41 Å². The molecule has 2 atom stereocenters. The van der Waals surface area contributed by atoms with E-state index in [1.807, 2.05) is 6.07 Å². The van der Waals surface area contributed by atoms with Gasteiger partial charge in [0.05, 0.1) is 0 Å². The van der Waals surface area contributed by atoms with E-state index in [1.165, 1.54) is 50.9 Å². The second-order valence-electron chi connectivity index (χ2n) is 6.88. The first-order valence-corrected chi connectivity index (χ1v) is 8.35. The minimum atomic E-state index is 0.485. The predicted molar refractivity (Wildman–Crippen MR) is 83.3 cm³/mol. The second kappa shape index (κ2) is 5.01. The maximum absolute atomic E-state index is 6.22. The third-order valence-electron chi connectivity index (χ3n) is 5.62. The Morgan fingerprint density at radius 3 is 2.95 bits per heavy atom. The van der Waals surface area contributed by atoms with Gasteiger partial charge in [-0.05, 0) is 61.9 Å². The van der Waals surface area contributed by atoms with Gasteiger partial charge >= 0.3 is 0 Å². The lowest BCUT2D eigenvalue weighted by atomic mass is 9.67. The maximum atomic E-state index is 6.22. The smallest absolute Gasteiger partial charge is 0.0408 e. The Bertz CT molecular complexity index is 500. The number of nitrogens with zero attached hydrogens (tertiary/aromatic N) is 1. The van der Waals surface area contributed by atoms with Crippen LogP contribution in [-0.4, -0.2) is 37.1 Å². The molecule has 3 aliphatic rings. The van der Waals surface area contributed by atoms with Crippen molar-refractivity contribution in [2.75, 3.05) is 26.2 Å². The van der Waals surface area contributed by atoms with Crippen LogP contribution >= 0.6 is 11.6 Å². The van der Waals surface area contributed by atoms with Crippen LogP contribution in [0.4, 0.5) is 0 Å². The molecule has 2 aliphatic heterocycles. The molecule has 4 rings (SSSR count). The molecule has 1 aromatic carbocycles. The molecule has 1 saturated carbocycles. The van der Waals surface area contributed by atoms with Crippen LogP contribution < -0.4 is 5.32 Å². The molecule has 3 fully saturated rings. The van der Waals surface area contributed by atoms with Gasteiger partial charge in [-0.3, -0.25) is 4.90 Å². The summed E-state index contributed by atoms with van der Waals surface area (Å²) in [4.78, 5) is 2.75. The average molecular weight is 291 g/mol. The summed E-state index contributed by atoms with van der Waals surface area (Å²) in [5.41, 5.74) is 1.92. The highest BCUT2D eigenvalue weighted by Crippen LogP contribution is 2.49. The van der Waals surface area contributed by atoms with Crippen LogP contribution in [-0.2, 0) is 0 Å². The Kier molecular flexibility index (Phi) is 3.29. The van der Waals surface area contributed by atoms with E-state index in [4.69, 9.17) is 11.6 Å². The summed E-state index contributed by atoms with van der Waals surface area (Å²) in [6.07, 6.45) is 5.53. The number of piperidine rings is 1. The van der Waals surface area contributed by atoms with E-state index in [0.717, 1.165) is 17.6 Å². The zero-order chi connectivity index (χ0) is 13.6. The fraction of sp³-hybridized carbons (Fsp3) is 0.647. The van der Waals surface area contributed by atoms with Gasteiger partial charge in [-0.15, -0.1) is 0 Å². The molecule has 2 unspecified atom stereocenters. The van der Waals surface area contributed by atoms with Crippen molar-refractivity contribution in [3.8, 4) is 0 Å². The number of hydrogen-bond donors (Lipinski definition) is 1. The SMILES string of the molecule is Clc1cccc(C2CNCCC23CCN(C2CC2)C3)c1. The van der Waals surface area contributed by atoms with Crippen molar-refractivity contribution in [3.63, 3.8) is 0 Å². The van der Waals surface area contributed by atoms with Crippen molar-refractivity contribution in [1.29, 1.82) is 0 Å². The molecule has 1 aliphatic carbocycles. The largest absolute Gasteiger partial charge is 0.316 e. The average Bonchev–Trinajstić information content (AvgIpc) is 3.23. The molecular formula is C17H23ClN2. The van der Waals surface area contributed by atoms with Crippen LogP contribution in [0.3, 0.4) is 0 Å². The topological polar surface area (TPSA) is 15.3 Å². The molecule has 2 saturated heterocycles. The molecular weight excluding hydrogens is 268 g/mol. The highest BCUT2D eigenvalue weighted by atomic mass is 35.5. The summed E-state index contributed by atoms with van der Waals surface area (Å²) in [5, 5.41) is 4.48. The normalized spacial score (nSPS) is 34.8. The van der Waals surface area contributed by atoms with Gasteiger partial charge in [0.25, 0.3) is 0 Å². The zero-order valence-corrected chi connectivity index (χ0v) is 12.7. The number of rotatable bonds is 2. The van der Waals surface area contributed by atoms with E-state index in [9.17, 15) is 0 Å². The molecule has 1 N–H and O–H groups in total. The first-order chi connectivity index (χ1) is 9.77. The molecule has 3 heteroatoms. The minimum absolute atomic E-state index is 0.485. The monoisotopic (exact) mass is 290 g/mol. The highest BCUT2D eigenvalue weighted by Gasteiger charge is 2.48. The van der Waals surface area contributed by atoms with E-state index in [0.29, 0.717) is 11.3 Å². The van der Waals surface area contributed by atoms with Gasteiger partial charge in [-0.25, -0.2) is 0 Å². The molecule has 20 heavy (non-hydrogen) atoms. The van der Waals surface area contributed by atoms with Gasteiger partial charge in [0.1, 0.15) is 0 Å². The highest BCUT2D eigenvalue weighted by molar-refractivity contribution is 6.30. The summed E-state index contributed by atoms with van der Waals surface area (Å²) in [5.74, 6) is 0.624. The van der Waals surface area contributed by atoms with E-state index < -0.39 is 0 Å². The molecule has 108 valence electrons. The lowest BCUT2D eigenvalue weighted by Gasteiger charge is -2.42. The Labute approximate surface area is 126 Å². The molecule has 0 radical (unpaired) electrons. The summed E-state index contributed by atoms with van der Waals surface area (Å²) in [6, 6.07) is 9.45. The van der Waals surface area contributed by atoms with Crippen LogP contribution in [0.5, 0.6) is 0 Å². The number of likely N-dealkylation sites (tertiary alicyclic amines) is 1. The molecule has 2 heterocycles. The molecule has 1 spiro atoms. The molecule has 1 aromatic rings. The Morgan fingerprint density at radius 2 is 2.15 bits per heavy atom. The van der Waals surface area contributed by atoms with Crippen molar-refractivity contribution >= 4 is 11.6 Å². The number of benzene rings is 1. The van der Waals surface area contributed by atoms with Crippen molar-refractivity contribution in [2.45, 2.75) is 37.6 Å². The second-order valence-corrected chi connectivity index (χ2v) is 7.31. The summed E-state index contributed by atoms with van der Waals surface area (Å²) in [6.45, 7) is 4.90. The molecule has 0 amide bonds. The number of nitrogens with one attached hydrogen (secondary N) is 1. The Balaban J connectivity index is 1.62. The lowest BCUT2D eigenvalue weighted by Crippen LogP contribution is -2.45. The van der Waals surface area contributed by atoms with Crippen LogP contribution in [0.25, 0.3) is 0 Å². The standard InChI is InChI=1S/C17H23ClN2/c18-14-3-1-2-13(10-14)16-11-19-8-6-17(16)7-9-20(12-17)15-4-5-15/h1-3,10,15-16,19H,4-9,11-12H2. The first-order valence-electron chi connectivity index (χ1n) is 7.97. The molecule has 2 nitrogen and oxygen atoms in total. The van der Waals surface area contributed by atoms with Gasteiger partial charge in [0.2, 0.25) is 0 Å². The number of halogens is 1. The van der Waals surface area contributed by atoms with Crippen molar-refractivity contribution in [3.05, 3.63) is 34.9 Å².